The van der Waals surface area contributed by atoms with Crippen LogP contribution in [-0.4, -0.2) is 48.4 Å². The Morgan fingerprint density at radius 3 is 2.35 bits per heavy atom. The highest BCUT2D eigenvalue weighted by Crippen LogP contribution is 2.33. The average Bonchev–Trinajstić information content (AvgIpc) is 3.58. The van der Waals surface area contributed by atoms with E-state index in [-0.39, 0.29) is 0 Å². The summed E-state index contributed by atoms with van der Waals surface area (Å²) in [4.78, 5) is 6.98. The SMILES string of the molecule is COc1cc(-c2noc(-c3ccc(Oc4ccccc4)cc3)n2)ccc1OCCN1CCCC1. The maximum Gasteiger partial charge on any atom is 0.258 e. The molecule has 4 aromatic rings. The molecule has 5 rings (SSSR count). The summed E-state index contributed by atoms with van der Waals surface area (Å²) in [5, 5.41) is 4.15. The molecule has 0 unspecified atom stereocenters. The van der Waals surface area contributed by atoms with Gasteiger partial charge in [0.2, 0.25) is 5.82 Å². The molecule has 0 radical (unpaired) electrons. The highest BCUT2D eigenvalue weighted by molar-refractivity contribution is 5.63. The summed E-state index contributed by atoms with van der Waals surface area (Å²) in [6.07, 6.45) is 2.55. The van der Waals surface area contributed by atoms with E-state index in [2.05, 4.69) is 15.0 Å². The summed E-state index contributed by atoms with van der Waals surface area (Å²) in [5.74, 6) is 3.80. The minimum atomic E-state index is 0.436. The number of rotatable bonds is 9. The van der Waals surface area contributed by atoms with Gasteiger partial charge in [-0.3, -0.25) is 4.90 Å². The van der Waals surface area contributed by atoms with Crippen LogP contribution >= 0.6 is 0 Å². The van der Waals surface area contributed by atoms with Crippen LogP contribution in [0.1, 0.15) is 12.8 Å². The molecule has 0 amide bonds. The van der Waals surface area contributed by atoms with E-state index in [4.69, 9.17) is 18.7 Å². The highest BCUT2D eigenvalue weighted by atomic mass is 16.5. The molecule has 34 heavy (non-hydrogen) atoms. The Hall–Kier alpha value is -3.84. The number of likely N-dealkylation sites (tertiary alicyclic amines) is 1. The number of ether oxygens (including phenoxy) is 3. The van der Waals surface area contributed by atoms with Gasteiger partial charge < -0.3 is 18.7 Å². The molecular formula is C27H27N3O4. The molecule has 0 aliphatic carbocycles. The first-order chi connectivity index (χ1) is 16.8. The van der Waals surface area contributed by atoms with Crippen molar-refractivity contribution >= 4 is 0 Å². The first-order valence-electron chi connectivity index (χ1n) is 11.5. The summed E-state index contributed by atoms with van der Waals surface area (Å²) < 4.78 is 22.9. The number of methoxy groups -OCH3 is 1. The fourth-order valence-electron chi connectivity index (χ4n) is 3.97. The zero-order valence-corrected chi connectivity index (χ0v) is 19.1. The average molecular weight is 458 g/mol. The Morgan fingerprint density at radius 1 is 0.853 bits per heavy atom. The lowest BCUT2D eigenvalue weighted by molar-refractivity contribution is 0.230. The molecule has 1 aliphatic rings. The third-order valence-electron chi connectivity index (χ3n) is 5.79. The molecular weight excluding hydrogens is 430 g/mol. The van der Waals surface area contributed by atoms with Gasteiger partial charge in [0, 0.05) is 17.7 Å². The zero-order chi connectivity index (χ0) is 23.2. The van der Waals surface area contributed by atoms with Gasteiger partial charge in [-0.2, -0.15) is 4.98 Å². The van der Waals surface area contributed by atoms with Gasteiger partial charge in [-0.25, -0.2) is 0 Å². The Bertz CT molecular complexity index is 1200. The van der Waals surface area contributed by atoms with Crippen molar-refractivity contribution in [2.45, 2.75) is 12.8 Å². The topological polar surface area (TPSA) is 69.9 Å². The summed E-state index contributed by atoms with van der Waals surface area (Å²) in [5.41, 5.74) is 1.61. The van der Waals surface area contributed by atoms with Gasteiger partial charge in [0.1, 0.15) is 18.1 Å². The molecule has 1 aromatic heterocycles. The van der Waals surface area contributed by atoms with E-state index >= 15 is 0 Å². The predicted molar refractivity (Wildman–Crippen MR) is 129 cm³/mol. The summed E-state index contributed by atoms with van der Waals surface area (Å²) >= 11 is 0. The molecule has 0 N–H and O–H groups in total. The Balaban J connectivity index is 1.25. The molecule has 0 atom stereocenters. The fraction of sp³-hybridized carbons (Fsp3) is 0.259. The molecule has 0 bridgehead atoms. The zero-order valence-electron chi connectivity index (χ0n) is 19.1. The molecule has 7 heteroatoms. The number of hydrogen-bond acceptors (Lipinski definition) is 7. The summed E-state index contributed by atoms with van der Waals surface area (Å²) in [7, 11) is 1.63. The van der Waals surface area contributed by atoms with Gasteiger partial charge in [0.25, 0.3) is 5.89 Å². The molecule has 3 aromatic carbocycles. The van der Waals surface area contributed by atoms with Gasteiger partial charge in [-0.15, -0.1) is 0 Å². The minimum Gasteiger partial charge on any atom is -0.493 e. The van der Waals surface area contributed by atoms with Crippen molar-refractivity contribution in [2.75, 3.05) is 33.4 Å². The lowest BCUT2D eigenvalue weighted by Gasteiger charge is -2.16. The van der Waals surface area contributed by atoms with E-state index < -0.39 is 0 Å². The second-order valence-corrected chi connectivity index (χ2v) is 8.13. The van der Waals surface area contributed by atoms with Crippen molar-refractivity contribution < 1.29 is 18.7 Å². The van der Waals surface area contributed by atoms with Crippen LogP contribution in [0.5, 0.6) is 23.0 Å². The van der Waals surface area contributed by atoms with Gasteiger partial charge in [-0.05, 0) is 80.5 Å². The predicted octanol–water partition coefficient (Wildman–Crippen LogP) is 5.68. The normalized spacial score (nSPS) is 13.7. The number of nitrogens with zero attached hydrogens (tertiary/aromatic N) is 3. The number of hydrogen-bond donors (Lipinski definition) is 0. The first kappa shape index (κ1) is 22.0. The van der Waals surface area contributed by atoms with E-state index in [0.29, 0.717) is 29.8 Å². The van der Waals surface area contributed by atoms with Crippen molar-refractivity contribution in [1.29, 1.82) is 0 Å². The van der Waals surface area contributed by atoms with E-state index in [1.165, 1.54) is 12.8 Å². The molecule has 1 aliphatic heterocycles. The Labute approximate surface area is 198 Å². The fourth-order valence-corrected chi connectivity index (χ4v) is 3.97. The van der Waals surface area contributed by atoms with Crippen molar-refractivity contribution in [1.82, 2.24) is 15.0 Å². The highest BCUT2D eigenvalue weighted by Gasteiger charge is 2.15. The first-order valence-corrected chi connectivity index (χ1v) is 11.5. The Kier molecular flexibility index (Phi) is 6.72. The maximum atomic E-state index is 5.97. The van der Waals surface area contributed by atoms with Crippen LogP contribution in [-0.2, 0) is 0 Å². The van der Waals surface area contributed by atoms with Crippen molar-refractivity contribution in [2.24, 2.45) is 0 Å². The van der Waals surface area contributed by atoms with Crippen LogP contribution in [0.15, 0.2) is 77.3 Å². The molecule has 174 valence electrons. The molecule has 1 saturated heterocycles. The van der Waals surface area contributed by atoms with Crippen LogP contribution in [0.25, 0.3) is 22.8 Å². The molecule has 2 heterocycles. The van der Waals surface area contributed by atoms with Crippen molar-refractivity contribution in [3.05, 3.63) is 72.8 Å². The third kappa shape index (κ3) is 5.21. The van der Waals surface area contributed by atoms with E-state index in [1.54, 1.807) is 7.11 Å². The number of para-hydroxylation sites is 1. The second-order valence-electron chi connectivity index (χ2n) is 8.13. The second kappa shape index (κ2) is 10.4. The number of aromatic nitrogens is 2. The minimum absolute atomic E-state index is 0.436. The lowest BCUT2D eigenvalue weighted by Crippen LogP contribution is -2.25. The van der Waals surface area contributed by atoms with Crippen LogP contribution in [0.4, 0.5) is 0 Å². The van der Waals surface area contributed by atoms with Gasteiger partial charge in [0.15, 0.2) is 11.5 Å². The Morgan fingerprint density at radius 2 is 1.59 bits per heavy atom. The molecule has 0 saturated carbocycles. The van der Waals surface area contributed by atoms with E-state index in [9.17, 15) is 0 Å². The van der Waals surface area contributed by atoms with Gasteiger partial charge >= 0.3 is 0 Å². The van der Waals surface area contributed by atoms with Crippen LogP contribution in [0.2, 0.25) is 0 Å². The van der Waals surface area contributed by atoms with Crippen molar-refractivity contribution in [3.63, 3.8) is 0 Å². The maximum absolute atomic E-state index is 5.97. The number of benzene rings is 3. The quantitative estimate of drug-likeness (QED) is 0.320. The summed E-state index contributed by atoms with van der Waals surface area (Å²) in [6.45, 7) is 3.87. The third-order valence-corrected chi connectivity index (χ3v) is 5.79. The van der Waals surface area contributed by atoms with E-state index in [0.717, 1.165) is 42.3 Å². The summed E-state index contributed by atoms with van der Waals surface area (Å²) in [6, 6.07) is 22.9. The molecule has 0 spiro atoms. The smallest absolute Gasteiger partial charge is 0.258 e. The molecule has 1 fully saturated rings. The molecule has 7 nitrogen and oxygen atoms in total. The van der Waals surface area contributed by atoms with Crippen LogP contribution in [0.3, 0.4) is 0 Å². The monoisotopic (exact) mass is 457 g/mol. The lowest BCUT2D eigenvalue weighted by atomic mass is 10.2. The standard InChI is InChI=1S/C27H27N3O4/c1-31-25-19-21(11-14-24(25)32-18-17-30-15-5-6-16-30)26-28-27(34-29-26)20-9-12-23(13-10-20)33-22-7-3-2-4-8-22/h2-4,7-14,19H,5-6,15-18H2,1H3. The van der Waals surface area contributed by atoms with Crippen LogP contribution < -0.4 is 14.2 Å². The van der Waals surface area contributed by atoms with Gasteiger partial charge in [-0.1, -0.05) is 23.4 Å². The van der Waals surface area contributed by atoms with Gasteiger partial charge in [0.05, 0.1) is 7.11 Å². The van der Waals surface area contributed by atoms with Crippen molar-refractivity contribution in [3.8, 4) is 45.8 Å². The van der Waals surface area contributed by atoms with Crippen LogP contribution in [0, 0.1) is 0 Å². The van der Waals surface area contributed by atoms with E-state index in [1.807, 2.05) is 72.8 Å². The largest absolute Gasteiger partial charge is 0.493 e.